The van der Waals surface area contributed by atoms with E-state index in [-0.39, 0.29) is 0 Å². The van der Waals surface area contributed by atoms with Gasteiger partial charge in [0.05, 0.1) is 0 Å². The first-order valence-electron chi connectivity index (χ1n) is 0.752. The minimum atomic E-state index is -5.62. The normalized spacial score (nSPS) is 11.8. The van der Waals surface area contributed by atoms with Gasteiger partial charge in [-0.15, -0.1) is 0 Å². The van der Waals surface area contributed by atoms with Crippen LogP contribution in [-0.4, -0.2) is 22.8 Å². The molecule has 3 nitrogen and oxygen atoms in total. The summed E-state index contributed by atoms with van der Waals surface area (Å²) < 4.78 is 33.2. The first-order chi connectivity index (χ1) is 2.00. The Morgan fingerprint density at radius 1 is 1.60 bits per heavy atom. The van der Waals surface area contributed by atoms with Gasteiger partial charge in [-0.05, 0) is 0 Å². The summed E-state index contributed by atoms with van der Waals surface area (Å²) in [6, 6.07) is 0. The molecule has 0 unspecified atom stereocenters. The Balaban J connectivity index is 3.47. The average molecular weight is 144 g/mol. The fourth-order valence-electron chi connectivity index (χ4n) is 0. The van der Waals surface area contributed by atoms with E-state index >= 15 is 0 Å². The summed E-state index contributed by atoms with van der Waals surface area (Å²) in [4.78, 5) is 0. The van der Waals surface area contributed by atoms with Gasteiger partial charge in [0.15, 0.2) is 0 Å². The maximum absolute atomic E-state index is 10.4. The summed E-state index contributed by atoms with van der Waals surface area (Å²) >= 11 is -5.62. The molecular formula is H2AsFO3. The van der Waals surface area contributed by atoms with Crippen molar-refractivity contribution in [1.29, 1.82) is 0 Å². The molecular weight excluding hydrogens is 142 g/mol. The fraction of sp³-hybridized carbons (Fsp3) is 0. The standard InChI is InChI=1S/AsFH2O3/c2-1(3,4)5/h(H2,3,4,5). The van der Waals surface area contributed by atoms with Gasteiger partial charge in [0.2, 0.25) is 0 Å². The van der Waals surface area contributed by atoms with Crippen molar-refractivity contribution in [1.82, 2.24) is 0 Å². The zero-order valence-electron chi connectivity index (χ0n) is 2.13. The van der Waals surface area contributed by atoms with Gasteiger partial charge in [-0.2, -0.15) is 0 Å². The van der Waals surface area contributed by atoms with Crippen LogP contribution >= 0.6 is 0 Å². The minimum absolute atomic E-state index is 5.62. The van der Waals surface area contributed by atoms with Crippen molar-refractivity contribution in [3.05, 3.63) is 0 Å². The Morgan fingerprint density at radius 2 is 1.60 bits per heavy atom. The molecule has 5 heteroatoms. The molecule has 0 heterocycles. The Bertz CT molecular complexity index is 53.0. The van der Waals surface area contributed by atoms with Gasteiger partial charge < -0.3 is 0 Å². The second kappa shape index (κ2) is 1.12. The molecule has 0 aromatic carbocycles. The van der Waals surface area contributed by atoms with Gasteiger partial charge >= 0.3 is 30.0 Å². The van der Waals surface area contributed by atoms with Crippen molar-refractivity contribution in [3.63, 3.8) is 0 Å². The summed E-state index contributed by atoms with van der Waals surface area (Å²) in [5.74, 6) is 0. The fourth-order valence-corrected chi connectivity index (χ4v) is 0. The molecule has 0 amide bonds. The molecule has 0 aliphatic carbocycles. The SMILES string of the molecule is O=[As](O)(O)F. The zero-order chi connectivity index (χ0) is 4.50. The predicted octanol–water partition coefficient (Wildman–Crippen LogP) is -1.19. The molecule has 2 N–H and O–H groups in total. The van der Waals surface area contributed by atoms with Gasteiger partial charge in [-0.1, -0.05) is 0 Å². The van der Waals surface area contributed by atoms with Crippen molar-refractivity contribution in [2.45, 2.75) is 0 Å². The number of hydrogen-bond donors (Lipinski definition) is 2. The van der Waals surface area contributed by atoms with Crippen LogP contribution in [0.3, 0.4) is 0 Å². The summed E-state index contributed by atoms with van der Waals surface area (Å²) in [6.45, 7) is 0. The topological polar surface area (TPSA) is 57.5 Å². The van der Waals surface area contributed by atoms with E-state index in [1.807, 2.05) is 0 Å². The molecule has 0 spiro atoms. The summed E-state index contributed by atoms with van der Waals surface area (Å²) in [5, 5.41) is 0. The van der Waals surface area contributed by atoms with Crippen LogP contribution in [0.25, 0.3) is 0 Å². The van der Waals surface area contributed by atoms with Gasteiger partial charge in [-0.3, -0.25) is 0 Å². The van der Waals surface area contributed by atoms with Gasteiger partial charge in [-0.25, -0.2) is 0 Å². The van der Waals surface area contributed by atoms with Crippen molar-refractivity contribution in [2.24, 2.45) is 0 Å². The van der Waals surface area contributed by atoms with Crippen LogP contribution in [0, 0.1) is 0 Å². The van der Waals surface area contributed by atoms with E-state index < -0.39 is 14.6 Å². The van der Waals surface area contributed by atoms with Crippen LogP contribution in [0.4, 0.5) is 3.47 Å². The average Bonchev–Trinajstić information content (AvgIpc) is 0.722. The Kier molecular flexibility index (Phi) is 1.17. The quantitative estimate of drug-likeness (QED) is 0.420. The molecule has 0 saturated heterocycles. The Hall–Kier alpha value is 0.208. The van der Waals surface area contributed by atoms with E-state index in [1.165, 1.54) is 0 Å². The van der Waals surface area contributed by atoms with Gasteiger partial charge in [0.1, 0.15) is 0 Å². The van der Waals surface area contributed by atoms with Crippen molar-refractivity contribution >= 4 is 14.6 Å². The van der Waals surface area contributed by atoms with Crippen LogP contribution in [0.5, 0.6) is 0 Å². The third kappa shape index (κ3) is 472. The monoisotopic (exact) mass is 144 g/mol. The molecule has 0 bridgehead atoms. The van der Waals surface area contributed by atoms with Crippen LogP contribution in [-0.2, 0) is 3.74 Å². The molecule has 0 aromatic heterocycles. The zero-order valence-corrected chi connectivity index (χ0v) is 4.00. The molecule has 5 heavy (non-hydrogen) atoms. The first-order valence-corrected chi connectivity index (χ1v) is 3.91. The molecule has 0 aromatic rings. The van der Waals surface area contributed by atoms with Crippen LogP contribution in [0.1, 0.15) is 0 Å². The summed E-state index contributed by atoms with van der Waals surface area (Å²) in [6.07, 6.45) is 0. The maximum atomic E-state index is 10.4. The van der Waals surface area contributed by atoms with E-state index in [1.54, 1.807) is 0 Å². The van der Waals surface area contributed by atoms with Crippen LogP contribution in [0.2, 0.25) is 0 Å². The summed E-state index contributed by atoms with van der Waals surface area (Å²) in [7, 11) is 0. The van der Waals surface area contributed by atoms with Crippen molar-refractivity contribution < 1.29 is 15.4 Å². The second-order valence-electron chi connectivity index (χ2n) is 0.473. The van der Waals surface area contributed by atoms with Gasteiger partial charge in [0.25, 0.3) is 0 Å². The molecule has 0 atom stereocenters. The third-order valence-corrected chi connectivity index (χ3v) is 0. The number of rotatable bonds is 0. The van der Waals surface area contributed by atoms with Crippen LogP contribution in [0.15, 0.2) is 0 Å². The third-order valence-electron chi connectivity index (χ3n) is 0. The van der Waals surface area contributed by atoms with E-state index in [0.717, 1.165) is 0 Å². The Morgan fingerprint density at radius 3 is 1.60 bits per heavy atom. The molecule has 0 aliphatic heterocycles. The molecule has 0 rings (SSSR count). The first kappa shape index (κ1) is 5.21. The summed E-state index contributed by atoms with van der Waals surface area (Å²) in [5.41, 5.74) is 0. The predicted molar refractivity (Wildman–Crippen MR) is 12.0 cm³/mol. The van der Waals surface area contributed by atoms with Crippen LogP contribution < -0.4 is 0 Å². The molecule has 0 aliphatic rings. The molecule has 32 valence electrons. The number of halogens is 1. The van der Waals surface area contributed by atoms with E-state index in [9.17, 15) is 3.47 Å². The molecule has 0 saturated carbocycles. The van der Waals surface area contributed by atoms with E-state index in [0.29, 0.717) is 0 Å². The van der Waals surface area contributed by atoms with Crippen molar-refractivity contribution in [2.75, 3.05) is 0 Å². The van der Waals surface area contributed by atoms with Gasteiger partial charge in [0, 0.05) is 0 Å². The van der Waals surface area contributed by atoms with E-state index in [4.69, 9.17) is 11.9 Å². The number of hydrogen-bond acceptors (Lipinski definition) is 1. The van der Waals surface area contributed by atoms with E-state index in [2.05, 4.69) is 0 Å². The second-order valence-corrected chi connectivity index (χ2v) is 2.46. The molecule has 0 fully saturated rings. The van der Waals surface area contributed by atoms with Crippen molar-refractivity contribution in [3.8, 4) is 0 Å². The Labute approximate surface area is 30.9 Å². The molecule has 0 radical (unpaired) electrons.